The summed E-state index contributed by atoms with van der Waals surface area (Å²) in [6.07, 6.45) is 1.08. The molecule has 0 bridgehead atoms. The number of nitrogens with zero attached hydrogens (tertiary/aromatic N) is 2. The predicted molar refractivity (Wildman–Crippen MR) is 131 cm³/mol. The van der Waals surface area contributed by atoms with Crippen LogP contribution in [-0.4, -0.2) is 51.0 Å². The second-order valence-corrected chi connectivity index (χ2v) is 9.98. The fraction of sp³-hybridized carbons (Fsp3) is 0.280. The highest BCUT2D eigenvalue weighted by atomic mass is 32.2. The van der Waals surface area contributed by atoms with Gasteiger partial charge in [0.05, 0.1) is 11.9 Å². The molecule has 33 heavy (non-hydrogen) atoms. The number of carbonyl (C=O) groups is 2. The average Bonchev–Trinajstić information content (AvgIpc) is 2.79. The van der Waals surface area contributed by atoms with Crippen LogP contribution in [0.4, 0.5) is 5.69 Å². The monoisotopic (exact) mass is 467 g/mol. The molecule has 7 nitrogen and oxygen atoms in total. The number of likely N-dealkylation sites (N-methyl/N-ethyl adjacent to an activating group) is 1. The third-order valence-electron chi connectivity index (χ3n) is 5.56. The molecule has 0 saturated carbocycles. The van der Waals surface area contributed by atoms with Gasteiger partial charge in [0.15, 0.2) is 0 Å². The van der Waals surface area contributed by atoms with E-state index in [-0.39, 0.29) is 12.5 Å². The highest BCUT2D eigenvalue weighted by Crippen LogP contribution is 2.28. The Bertz CT molecular complexity index is 1270. The van der Waals surface area contributed by atoms with E-state index in [0.717, 1.165) is 32.5 Å². The second kappa shape index (κ2) is 10.0. The molecule has 1 atom stereocenters. The van der Waals surface area contributed by atoms with Crippen molar-refractivity contribution in [2.24, 2.45) is 0 Å². The maximum absolute atomic E-state index is 13.5. The van der Waals surface area contributed by atoms with Crippen LogP contribution in [0.25, 0.3) is 10.8 Å². The van der Waals surface area contributed by atoms with Gasteiger partial charge in [-0.15, -0.1) is 0 Å². The first-order valence-electron chi connectivity index (χ1n) is 10.6. The van der Waals surface area contributed by atoms with E-state index in [4.69, 9.17) is 0 Å². The number of rotatable bonds is 8. The number of hydrogen-bond acceptors (Lipinski definition) is 4. The fourth-order valence-electron chi connectivity index (χ4n) is 3.82. The van der Waals surface area contributed by atoms with E-state index in [2.05, 4.69) is 5.32 Å². The third kappa shape index (κ3) is 5.70. The van der Waals surface area contributed by atoms with Crippen molar-refractivity contribution in [1.29, 1.82) is 0 Å². The Hall–Kier alpha value is -3.39. The molecule has 3 aromatic rings. The summed E-state index contributed by atoms with van der Waals surface area (Å²) in [5.74, 6) is -0.793. The minimum absolute atomic E-state index is 0.183. The zero-order valence-corrected chi connectivity index (χ0v) is 20.1. The van der Waals surface area contributed by atoms with Crippen LogP contribution in [0.2, 0.25) is 0 Å². The topological polar surface area (TPSA) is 86.8 Å². The lowest BCUT2D eigenvalue weighted by Gasteiger charge is -2.31. The van der Waals surface area contributed by atoms with Crippen molar-refractivity contribution in [2.45, 2.75) is 26.4 Å². The first kappa shape index (κ1) is 24.3. The Morgan fingerprint density at radius 3 is 2.33 bits per heavy atom. The van der Waals surface area contributed by atoms with Crippen LogP contribution in [-0.2, 0) is 26.2 Å². The summed E-state index contributed by atoms with van der Waals surface area (Å²) in [7, 11) is -2.28. The number of aryl methyl sites for hydroxylation is 1. The molecule has 2 amide bonds. The van der Waals surface area contributed by atoms with E-state index < -0.39 is 28.5 Å². The first-order valence-corrected chi connectivity index (χ1v) is 12.5. The zero-order valence-electron chi connectivity index (χ0n) is 19.3. The molecule has 3 rings (SSSR count). The standard InChI is InChI=1S/C25H29N3O4S/c1-18-9-7-10-20(15-18)16-27(19(2)25(30)26-3)24(29)17-28(33(4,31)32)23-14-8-12-21-11-5-6-13-22(21)23/h5-15,19H,16-17H2,1-4H3,(H,26,30). The molecule has 0 saturated heterocycles. The SMILES string of the molecule is CNC(=O)C(C)N(Cc1cccc(C)c1)C(=O)CN(c1cccc2ccccc12)S(C)(=O)=O. The molecule has 0 aliphatic carbocycles. The van der Waals surface area contributed by atoms with Gasteiger partial charge in [0.2, 0.25) is 21.8 Å². The van der Waals surface area contributed by atoms with E-state index in [9.17, 15) is 18.0 Å². The molecular weight excluding hydrogens is 438 g/mol. The molecule has 0 radical (unpaired) electrons. The number of anilines is 1. The zero-order chi connectivity index (χ0) is 24.2. The Balaban J connectivity index is 2.00. The molecule has 0 fully saturated rings. The minimum Gasteiger partial charge on any atom is -0.357 e. The quantitative estimate of drug-likeness (QED) is 0.552. The molecule has 0 aromatic heterocycles. The average molecular weight is 468 g/mol. The largest absolute Gasteiger partial charge is 0.357 e. The molecule has 0 aliphatic heterocycles. The van der Waals surface area contributed by atoms with Crippen LogP contribution in [0.1, 0.15) is 18.1 Å². The lowest BCUT2D eigenvalue weighted by atomic mass is 10.1. The van der Waals surface area contributed by atoms with Crippen LogP contribution in [0.15, 0.2) is 66.7 Å². The number of fused-ring (bicyclic) bond motifs is 1. The van der Waals surface area contributed by atoms with Crippen molar-refractivity contribution < 1.29 is 18.0 Å². The predicted octanol–water partition coefficient (Wildman–Crippen LogP) is 3.08. The van der Waals surface area contributed by atoms with Gasteiger partial charge in [-0.05, 0) is 30.9 Å². The number of benzene rings is 3. The summed E-state index contributed by atoms with van der Waals surface area (Å²) in [4.78, 5) is 27.3. The van der Waals surface area contributed by atoms with Gasteiger partial charge in [-0.3, -0.25) is 13.9 Å². The Labute approximate surface area is 195 Å². The smallest absolute Gasteiger partial charge is 0.244 e. The molecular formula is C25H29N3O4S. The number of hydrogen-bond donors (Lipinski definition) is 1. The second-order valence-electron chi connectivity index (χ2n) is 8.07. The van der Waals surface area contributed by atoms with Gasteiger partial charge >= 0.3 is 0 Å². The van der Waals surface area contributed by atoms with Gasteiger partial charge < -0.3 is 10.2 Å². The summed E-state index contributed by atoms with van der Waals surface area (Å²) < 4.78 is 26.7. The molecule has 174 valence electrons. The molecule has 0 heterocycles. The van der Waals surface area contributed by atoms with Crippen molar-refractivity contribution in [3.05, 3.63) is 77.9 Å². The van der Waals surface area contributed by atoms with Crippen LogP contribution in [0.3, 0.4) is 0 Å². The minimum atomic E-state index is -3.78. The molecule has 1 N–H and O–H groups in total. The van der Waals surface area contributed by atoms with Crippen LogP contribution in [0, 0.1) is 6.92 Å². The van der Waals surface area contributed by atoms with Gasteiger partial charge in [-0.1, -0.05) is 66.2 Å². The number of carbonyl (C=O) groups excluding carboxylic acids is 2. The van der Waals surface area contributed by atoms with Gasteiger partial charge in [0.25, 0.3) is 0 Å². The Kier molecular flexibility index (Phi) is 7.38. The maximum Gasteiger partial charge on any atom is 0.244 e. The summed E-state index contributed by atoms with van der Waals surface area (Å²) in [5.41, 5.74) is 2.31. The normalized spacial score (nSPS) is 12.2. The molecule has 1 unspecified atom stereocenters. The van der Waals surface area contributed by atoms with E-state index >= 15 is 0 Å². The van der Waals surface area contributed by atoms with Crippen molar-refractivity contribution in [2.75, 3.05) is 24.2 Å². The third-order valence-corrected chi connectivity index (χ3v) is 6.69. The van der Waals surface area contributed by atoms with Crippen LogP contribution >= 0.6 is 0 Å². The highest BCUT2D eigenvalue weighted by molar-refractivity contribution is 7.92. The van der Waals surface area contributed by atoms with Crippen molar-refractivity contribution in [3.8, 4) is 0 Å². The van der Waals surface area contributed by atoms with E-state index in [1.54, 1.807) is 19.1 Å². The molecule has 3 aromatic carbocycles. The summed E-state index contributed by atoms with van der Waals surface area (Å²) in [6, 6.07) is 19.6. The molecule has 0 aliphatic rings. The number of amides is 2. The lowest BCUT2D eigenvalue weighted by Crippen LogP contribution is -2.50. The van der Waals surface area contributed by atoms with Crippen LogP contribution in [0.5, 0.6) is 0 Å². The first-order chi connectivity index (χ1) is 15.6. The number of sulfonamides is 1. The van der Waals surface area contributed by atoms with Gasteiger partial charge in [-0.2, -0.15) is 0 Å². The van der Waals surface area contributed by atoms with Gasteiger partial charge in [0, 0.05) is 19.0 Å². The van der Waals surface area contributed by atoms with Crippen LogP contribution < -0.4 is 9.62 Å². The highest BCUT2D eigenvalue weighted by Gasteiger charge is 2.30. The van der Waals surface area contributed by atoms with E-state index in [1.165, 1.54) is 11.9 Å². The Morgan fingerprint density at radius 1 is 1.00 bits per heavy atom. The summed E-state index contributed by atoms with van der Waals surface area (Å²) in [5, 5.41) is 4.16. The van der Waals surface area contributed by atoms with E-state index in [0.29, 0.717) is 5.69 Å². The van der Waals surface area contributed by atoms with Crippen molar-refractivity contribution in [1.82, 2.24) is 10.2 Å². The molecule has 0 spiro atoms. The van der Waals surface area contributed by atoms with Crippen molar-refractivity contribution in [3.63, 3.8) is 0 Å². The summed E-state index contributed by atoms with van der Waals surface area (Å²) >= 11 is 0. The fourth-order valence-corrected chi connectivity index (χ4v) is 4.68. The maximum atomic E-state index is 13.5. The van der Waals surface area contributed by atoms with E-state index in [1.807, 2.05) is 61.5 Å². The van der Waals surface area contributed by atoms with Crippen molar-refractivity contribution >= 4 is 38.3 Å². The van der Waals surface area contributed by atoms with Gasteiger partial charge in [0.1, 0.15) is 12.6 Å². The lowest BCUT2D eigenvalue weighted by molar-refractivity contribution is -0.139. The summed E-state index contributed by atoms with van der Waals surface area (Å²) in [6.45, 7) is 3.35. The Morgan fingerprint density at radius 2 is 1.67 bits per heavy atom. The number of nitrogens with one attached hydrogen (secondary N) is 1. The van der Waals surface area contributed by atoms with Gasteiger partial charge in [-0.25, -0.2) is 8.42 Å². The molecule has 8 heteroatoms.